The van der Waals surface area contributed by atoms with Gasteiger partial charge in [-0.3, -0.25) is 9.48 Å². The van der Waals surface area contributed by atoms with Crippen LogP contribution >= 0.6 is 0 Å². The van der Waals surface area contributed by atoms with Crippen LogP contribution in [0.3, 0.4) is 0 Å². The largest absolute Gasteiger partial charge is 1.00 e. The zero-order valence-electron chi connectivity index (χ0n) is 9.88. The molecular weight excluding hydrogens is 211 g/mol. The van der Waals surface area contributed by atoms with Crippen molar-refractivity contribution in [2.75, 3.05) is 0 Å². The Bertz CT molecular complexity index is 671. The summed E-state index contributed by atoms with van der Waals surface area (Å²) in [5, 5.41) is 11.3. The molecule has 0 N–H and O–H groups in total. The van der Waals surface area contributed by atoms with Gasteiger partial charge < -0.3 is 5.11 Å². The number of para-hydroxylation sites is 1. The molecule has 1 heterocycles. The normalized spacial score (nSPS) is 11.2. The minimum Gasteiger partial charge on any atom is -0.877 e. The maximum absolute atomic E-state index is 11.9. The summed E-state index contributed by atoms with van der Waals surface area (Å²) >= 11 is 0. The Labute approximate surface area is 110 Å². The summed E-state index contributed by atoms with van der Waals surface area (Å²) in [4.78, 5) is 11.9. The summed E-state index contributed by atoms with van der Waals surface area (Å²) in [6, 6.07) is 9.13. The SMILES string of the molecule is C=c1/c(=C\[O-])c(=O)n(-c2ccccc2)n1C.[Li+]. The number of hydrogen-bond acceptors (Lipinski definition) is 2. The Balaban J connectivity index is 0.00000144. The molecule has 17 heavy (non-hydrogen) atoms. The van der Waals surface area contributed by atoms with E-state index in [1.807, 2.05) is 18.2 Å². The third kappa shape index (κ3) is 2.10. The molecule has 0 saturated carbocycles. The third-order valence-corrected chi connectivity index (χ3v) is 2.54. The second kappa shape index (κ2) is 5.13. The van der Waals surface area contributed by atoms with Crippen LogP contribution in [0.4, 0.5) is 0 Å². The molecule has 0 unspecified atom stereocenters. The van der Waals surface area contributed by atoms with Crippen molar-refractivity contribution in [3.05, 3.63) is 51.3 Å². The van der Waals surface area contributed by atoms with Crippen LogP contribution in [0.2, 0.25) is 0 Å². The van der Waals surface area contributed by atoms with E-state index in [0.29, 0.717) is 17.3 Å². The first-order chi connectivity index (χ1) is 7.66. The molecule has 2 rings (SSSR count). The molecule has 0 fully saturated rings. The van der Waals surface area contributed by atoms with E-state index in [1.165, 1.54) is 4.68 Å². The van der Waals surface area contributed by atoms with Gasteiger partial charge >= 0.3 is 18.9 Å². The molecule has 4 nitrogen and oxygen atoms in total. The minimum atomic E-state index is -0.339. The molecule has 2 aromatic rings. The van der Waals surface area contributed by atoms with E-state index in [1.54, 1.807) is 23.9 Å². The van der Waals surface area contributed by atoms with Gasteiger partial charge in [-0.25, -0.2) is 4.68 Å². The van der Waals surface area contributed by atoms with Crippen LogP contribution in [-0.4, -0.2) is 9.36 Å². The Hall–Kier alpha value is -1.63. The molecule has 0 amide bonds. The van der Waals surface area contributed by atoms with E-state index in [9.17, 15) is 9.90 Å². The van der Waals surface area contributed by atoms with Crippen molar-refractivity contribution >= 4 is 12.8 Å². The summed E-state index contributed by atoms with van der Waals surface area (Å²) in [6.45, 7) is 3.71. The topological polar surface area (TPSA) is 50.0 Å². The molecule has 0 aliphatic rings. The monoisotopic (exact) mass is 222 g/mol. The molecule has 0 radical (unpaired) electrons. The molecule has 0 aliphatic carbocycles. The zero-order valence-corrected chi connectivity index (χ0v) is 9.88. The van der Waals surface area contributed by atoms with E-state index in [2.05, 4.69) is 6.58 Å². The molecule has 0 aliphatic heterocycles. The quantitative estimate of drug-likeness (QED) is 0.458. The molecule has 0 bridgehead atoms. The molecule has 82 valence electrons. The van der Waals surface area contributed by atoms with Crippen LogP contribution in [0.1, 0.15) is 0 Å². The van der Waals surface area contributed by atoms with Gasteiger partial charge in [0.05, 0.1) is 16.3 Å². The van der Waals surface area contributed by atoms with Crippen LogP contribution in [-0.2, 0) is 7.05 Å². The molecule has 1 aromatic carbocycles. The molecule has 0 spiro atoms. The summed E-state index contributed by atoms with van der Waals surface area (Å²) < 4.78 is 2.99. The van der Waals surface area contributed by atoms with Crippen LogP contribution in [0.25, 0.3) is 18.5 Å². The molecule has 0 atom stereocenters. The molecule has 0 saturated heterocycles. The van der Waals surface area contributed by atoms with E-state index in [4.69, 9.17) is 0 Å². The van der Waals surface area contributed by atoms with Crippen molar-refractivity contribution in [3.8, 4) is 5.69 Å². The predicted octanol–water partition coefficient (Wildman–Crippen LogP) is -4.31. The fourth-order valence-electron chi connectivity index (χ4n) is 1.65. The van der Waals surface area contributed by atoms with Gasteiger partial charge in [-0.1, -0.05) is 24.8 Å². The fourth-order valence-corrected chi connectivity index (χ4v) is 1.65. The summed E-state index contributed by atoms with van der Waals surface area (Å²) in [5.74, 6) is 0. The molecule has 1 aromatic heterocycles. The first-order valence-corrected chi connectivity index (χ1v) is 4.81. The number of benzene rings is 1. The van der Waals surface area contributed by atoms with Gasteiger partial charge in [0.1, 0.15) is 0 Å². The summed E-state index contributed by atoms with van der Waals surface area (Å²) in [7, 11) is 1.70. The number of rotatable bonds is 1. The average Bonchev–Trinajstić information content (AvgIpc) is 2.51. The van der Waals surface area contributed by atoms with E-state index >= 15 is 0 Å². The van der Waals surface area contributed by atoms with E-state index in [0.717, 1.165) is 0 Å². The second-order valence-electron chi connectivity index (χ2n) is 3.45. The van der Waals surface area contributed by atoms with Crippen LogP contribution in [0.15, 0.2) is 35.1 Å². The molecular formula is C12H11LiN2O2. The van der Waals surface area contributed by atoms with Crippen molar-refractivity contribution < 1.29 is 24.0 Å². The minimum absolute atomic E-state index is 0. The van der Waals surface area contributed by atoms with Crippen LogP contribution in [0, 0.1) is 0 Å². The summed E-state index contributed by atoms with van der Waals surface area (Å²) in [5.41, 5.74) is 0.377. The smallest absolute Gasteiger partial charge is 0.877 e. The van der Waals surface area contributed by atoms with Crippen molar-refractivity contribution in [3.63, 3.8) is 0 Å². The van der Waals surface area contributed by atoms with Crippen molar-refractivity contribution in [2.24, 2.45) is 7.05 Å². The Morgan fingerprint density at radius 1 is 1.29 bits per heavy atom. The van der Waals surface area contributed by atoms with E-state index in [-0.39, 0.29) is 29.6 Å². The molecule has 5 heteroatoms. The van der Waals surface area contributed by atoms with Crippen LogP contribution in [0.5, 0.6) is 0 Å². The maximum Gasteiger partial charge on any atom is 1.00 e. The Kier molecular flexibility index (Phi) is 4.05. The van der Waals surface area contributed by atoms with Crippen molar-refractivity contribution in [1.82, 2.24) is 9.36 Å². The first-order valence-electron chi connectivity index (χ1n) is 4.81. The van der Waals surface area contributed by atoms with Crippen LogP contribution < -0.4 is 40.1 Å². The fraction of sp³-hybridized carbons (Fsp3) is 0.0833. The Morgan fingerprint density at radius 3 is 2.35 bits per heavy atom. The third-order valence-electron chi connectivity index (χ3n) is 2.54. The van der Waals surface area contributed by atoms with Gasteiger partial charge in [0.15, 0.2) is 0 Å². The van der Waals surface area contributed by atoms with Gasteiger partial charge in [0, 0.05) is 7.05 Å². The predicted molar refractivity (Wildman–Crippen MR) is 60.2 cm³/mol. The number of hydrogen-bond donors (Lipinski definition) is 0. The summed E-state index contributed by atoms with van der Waals surface area (Å²) in [6.07, 6.45) is 0.546. The standard InChI is InChI=1S/C12H12N2O2.Li/c1-9-11(8-15)12(16)14(13(9)2)10-6-4-3-5-7-10;/h3-8,15H,1H2,2H3;/q;+1/p-1/b11-8+;. The Morgan fingerprint density at radius 2 is 1.88 bits per heavy atom. The van der Waals surface area contributed by atoms with Gasteiger partial charge in [0.25, 0.3) is 5.56 Å². The van der Waals surface area contributed by atoms with E-state index < -0.39 is 0 Å². The van der Waals surface area contributed by atoms with Crippen molar-refractivity contribution in [1.29, 1.82) is 0 Å². The second-order valence-corrected chi connectivity index (χ2v) is 3.45. The maximum atomic E-state index is 11.9. The van der Waals surface area contributed by atoms with Gasteiger partial charge in [-0.05, 0) is 12.1 Å². The van der Waals surface area contributed by atoms with Gasteiger partial charge in [-0.2, -0.15) is 0 Å². The number of nitrogens with zero attached hydrogens (tertiary/aromatic N) is 2. The first kappa shape index (κ1) is 13.4. The number of aromatic nitrogens is 2. The van der Waals surface area contributed by atoms with Gasteiger partial charge in [-0.15, -0.1) is 6.26 Å². The zero-order chi connectivity index (χ0) is 11.7. The average molecular weight is 222 g/mol. The van der Waals surface area contributed by atoms with Crippen molar-refractivity contribution in [2.45, 2.75) is 0 Å². The van der Waals surface area contributed by atoms with Gasteiger partial charge in [0.2, 0.25) is 0 Å².